The first-order valence-electron chi connectivity index (χ1n) is 18.2. The zero-order valence-corrected chi connectivity index (χ0v) is 30.3. The number of ether oxygens (including phenoxy) is 1. The maximum atomic E-state index is 14.3. The lowest BCUT2D eigenvalue weighted by molar-refractivity contribution is -0.137. The molecule has 0 radical (unpaired) electrons. The molecular formula is C40H45N3O8S. The van der Waals surface area contributed by atoms with Gasteiger partial charge in [0, 0.05) is 29.9 Å². The second-order valence-corrected chi connectivity index (χ2v) is 17.1. The number of hydrogen-bond acceptors (Lipinski definition) is 9. The van der Waals surface area contributed by atoms with E-state index in [0.29, 0.717) is 37.3 Å². The van der Waals surface area contributed by atoms with Gasteiger partial charge in [-0.1, -0.05) is 61.5 Å². The average molecular weight is 728 g/mol. The number of sulfonamides is 1. The smallest absolute Gasteiger partial charge is 0.240 e. The van der Waals surface area contributed by atoms with E-state index in [4.69, 9.17) is 9.57 Å². The number of hydrogen-bond donors (Lipinski definition) is 2. The molecule has 12 heteroatoms. The van der Waals surface area contributed by atoms with Crippen LogP contribution in [-0.4, -0.2) is 61.5 Å². The number of amides is 2. The lowest BCUT2D eigenvalue weighted by Gasteiger charge is -2.25. The summed E-state index contributed by atoms with van der Waals surface area (Å²) in [5, 5.41) is 7.01. The Bertz CT molecular complexity index is 1980. The highest BCUT2D eigenvalue weighted by atomic mass is 32.2. The maximum Gasteiger partial charge on any atom is 0.240 e. The molecule has 52 heavy (non-hydrogen) atoms. The fraction of sp³-hybridized carbons (Fsp3) is 0.475. The molecule has 0 spiro atoms. The first-order chi connectivity index (χ1) is 24.9. The van der Waals surface area contributed by atoms with Crippen LogP contribution in [0.1, 0.15) is 76.3 Å². The molecule has 3 saturated carbocycles. The molecule has 2 amide bonds. The van der Waals surface area contributed by atoms with Crippen LogP contribution < -0.4 is 14.8 Å². The Kier molecular flexibility index (Phi) is 9.71. The molecule has 6 atom stereocenters. The van der Waals surface area contributed by atoms with E-state index in [1.807, 2.05) is 68.5 Å². The quantitative estimate of drug-likeness (QED) is 0.306. The van der Waals surface area contributed by atoms with Gasteiger partial charge in [0.05, 0.1) is 22.6 Å². The minimum atomic E-state index is -3.83. The fourth-order valence-corrected chi connectivity index (χ4v) is 9.36. The van der Waals surface area contributed by atoms with Crippen molar-refractivity contribution in [2.75, 3.05) is 6.61 Å². The molecule has 3 fully saturated rings. The van der Waals surface area contributed by atoms with Gasteiger partial charge >= 0.3 is 0 Å². The summed E-state index contributed by atoms with van der Waals surface area (Å²) in [7, 11) is -3.83. The van der Waals surface area contributed by atoms with Gasteiger partial charge in [-0.15, -0.1) is 6.58 Å². The molecule has 5 aliphatic rings. The summed E-state index contributed by atoms with van der Waals surface area (Å²) in [5.74, 6) is -3.21. The van der Waals surface area contributed by atoms with Crippen molar-refractivity contribution in [2.45, 2.75) is 82.6 Å². The van der Waals surface area contributed by atoms with Crippen LogP contribution in [-0.2, 0) is 34.0 Å². The Morgan fingerprint density at radius 3 is 2.52 bits per heavy atom. The third-order valence-corrected chi connectivity index (χ3v) is 13.0. The third kappa shape index (κ3) is 6.97. The van der Waals surface area contributed by atoms with Crippen molar-refractivity contribution in [3.05, 3.63) is 78.4 Å². The molecule has 274 valence electrons. The highest BCUT2D eigenvalue weighted by Crippen LogP contribution is 2.57. The van der Waals surface area contributed by atoms with Crippen LogP contribution >= 0.6 is 0 Å². The predicted octanol–water partition coefficient (Wildman–Crippen LogP) is 5.03. The highest BCUT2D eigenvalue weighted by molar-refractivity contribution is 7.90. The highest BCUT2D eigenvalue weighted by Gasteiger charge is 2.61. The number of Topliss-reactive ketones (excluding diaryl/α,β-unsaturated/α-hetero) is 2. The molecule has 2 aromatic carbocycles. The number of benzene rings is 2. The van der Waals surface area contributed by atoms with E-state index >= 15 is 0 Å². The van der Waals surface area contributed by atoms with Gasteiger partial charge < -0.3 is 14.9 Å². The minimum Gasteiger partial charge on any atom is -0.490 e. The Morgan fingerprint density at radius 1 is 1.06 bits per heavy atom. The molecule has 11 nitrogen and oxygen atoms in total. The Labute approximate surface area is 304 Å². The third-order valence-electron chi connectivity index (χ3n) is 11.2. The van der Waals surface area contributed by atoms with Crippen LogP contribution in [0.2, 0.25) is 0 Å². The van der Waals surface area contributed by atoms with Gasteiger partial charge in [-0.25, -0.2) is 8.42 Å². The standard InChI is InChI=1S/C40H45N3O8S/c1-4-24-21-40(24,39(47)43-52(48,49)27-14-15-27)22-35(45)31-19-26-20-33(31)38(46)41-36(23(2)3)34(44)12-6-5-9-17-50-25-13-16-29-28-10-7-8-11-30(28)37(42-51-26)32(29)18-25/h4-5,7-11,13,16,18,23-24,26-27,31,33,36H,1,6,12,14-15,17,19-22H2,2-3H3,(H,41,46)(H,43,47)/b9-5+,42-37-/t24-,26-,31-,33-,36-,40-/m1/s1. The van der Waals surface area contributed by atoms with E-state index < -0.39 is 56.5 Å². The first kappa shape index (κ1) is 35.8. The number of fused-ring (bicyclic) bond motifs is 6. The average Bonchev–Trinajstić information content (AvgIpc) is 4.03. The van der Waals surface area contributed by atoms with Crippen molar-refractivity contribution in [3.8, 4) is 16.9 Å². The molecule has 2 N–H and O–H groups in total. The number of nitrogens with one attached hydrogen (secondary N) is 2. The summed E-state index contributed by atoms with van der Waals surface area (Å²) in [6.45, 7) is 7.86. The second-order valence-electron chi connectivity index (χ2n) is 15.1. The van der Waals surface area contributed by atoms with Gasteiger partial charge in [-0.3, -0.25) is 23.9 Å². The molecule has 4 aliphatic carbocycles. The van der Waals surface area contributed by atoms with Gasteiger partial charge in [0.2, 0.25) is 21.8 Å². The zero-order chi connectivity index (χ0) is 36.8. The molecule has 2 aromatic rings. The molecule has 7 rings (SSSR count). The van der Waals surface area contributed by atoms with Gasteiger partial charge in [0.15, 0.2) is 5.78 Å². The largest absolute Gasteiger partial charge is 0.490 e. The van der Waals surface area contributed by atoms with E-state index in [-0.39, 0.29) is 55.5 Å². The summed E-state index contributed by atoms with van der Waals surface area (Å²) in [5.41, 5.74) is 3.07. The number of carbonyl (C=O) groups excluding carboxylic acids is 4. The molecule has 4 bridgehead atoms. The Morgan fingerprint density at radius 2 is 1.81 bits per heavy atom. The van der Waals surface area contributed by atoms with E-state index in [9.17, 15) is 27.6 Å². The first-order valence-corrected chi connectivity index (χ1v) is 19.8. The summed E-state index contributed by atoms with van der Waals surface area (Å²) in [4.78, 5) is 61.4. The number of nitrogens with zero attached hydrogens (tertiary/aromatic N) is 1. The summed E-state index contributed by atoms with van der Waals surface area (Å²) in [6, 6.07) is 12.9. The van der Waals surface area contributed by atoms with Crippen molar-refractivity contribution < 1.29 is 37.2 Å². The van der Waals surface area contributed by atoms with E-state index in [1.54, 1.807) is 6.08 Å². The van der Waals surface area contributed by atoms with Gasteiger partial charge in [-0.05, 0) is 79.7 Å². The van der Waals surface area contributed by atoms with Crippen molar-refractivity contribution in [3.63, 3.8) is 0 Å². The van der Waals surface area contributed by atoms with Crippen LogP contribution in [0.3, 0.4) is 0 Å². The molecule has 1 aliphatic heterocycles. The number of ketones is 2. The number of rotatable bonds is 8. The van der Waals surface area contributed by atoms with Crippen molar-refractivity contribution >= 4 is 39.1 Å². The van der Waals surface area contributed by atoms with Gasteiger partial charge in [0.25, 0.3) is 0 Å². The van der Waals surface area contributed by atoms with Gasteiger partial charge in [0.1, 0.15) is 30.0 Å². The topological polar surface area (TPSA) is 157 Å². The molecule has 0 unspecified atom stereocenters. The van der Waals surface area contributed by atoms with Crippen molar-refractivity contribution in [1.82, 2.24) is 10.0 Å². The Hall–Kier alpha value is -4.58. The van der Waals surface area contributed by atoms with Crippen LogP contribution in [0, 0.1) is 29.1 Å². The van der Waals surface area contributed by atoms with E-state index in [0.717, 1.165) is 22.3 Å². The van der Waals surface area contributed by atoms with Gasteiger partial charge in [-0.2, -0.15) is 0 Å². The normalized spacial score (nSPS) is 30.2. The summed E-state index contributed by atoms with van der Waals surface area (Å²) >= 11 is 0. The van der Waals surface area contributed by atoms with E-state index in [1.165, 1.54) is 0 Å². The number of oxime groups is 1. The second kappa shape index (κ2) is 14.1. The monoisotopic (exact) mass is 727 g/mol. The maximum absolute atomic E-state index is 14.3. The fourth-order valence-electron chi connectivity index (χ4n) is 7.97. The van der Waals surface area contributed by atoms with Crippen LogP contribution in [0.5, 0.6) is 5.75 Å². The lowest BCUT2D eigenvalue weighted by atomic mass is 9.84. The molecule has 0 aromatic heterocycles. The Balaban J connectivity index is 1.20. The summed E-state index contributed by atoms with van der Waals surface area (Å²) < 4.78 is 33.6. The van der Waals surface area contributed by atoms with Crippen LogP contribution in [0.25, 0.3) is 11.1 Å². The minimum absolute atomic E-state index is 0.116. The number of carbonyl (C=O) groups is 4. The van der Waals surface area contributed by atoms with Crippen molar-refractivity contribution in [1.29, 1.82) is 0 Å². The van der Waals surface area contributed by atoms with Crippen LogP contribution in [0.4, 0.5) is 0 Å². The SMILES string of the molecule is C=C[C@@H]1C[C@]1(CC(=O)[C@@H]1C[C@@H]2C[C@H]1C(=O)N[C@H](C(C)C)C(=O)CC/C=C/COc1ccc3c(c1)/C(=N\O2)c1ccccc1-3)C(=O)NS(=O)(=O)C1CC1. The van der Waals surface area contributed by atoms with E-state index in [2.05, 4.69) is 21.8 Å². The number of allylic oxidation sites excluding steroid dienone is 2. The summed E-state index contributed by atoms with van der Waals surface area (Å²) in [6.07, 6.45) is 6.76. The zero-order valence-electron chi connectivity index (χ0n) is 29.5. The lowest BCUT2D eigenvalue weighted by Crippen LogP contribution is -2.48. The molecule has 0 saturated heterocycles. The molecular weight excluding hydrogens is 683 g/mol. The van der Waals surface area contributed by atoms with Crippen LogP contribution in [0.15, 0.2) is 72.4 Å². The molecule has 1 heterocycles. The predicted molar refractivity (Wildman–Crippen MR) is 195 cm³/mol. The van der Waals surface area contributed by atoms with Crippen molar-refractivity contribution in [2.24, 2.45) is 34.2 Å².